The van der Waals surface area contributed by atoms with Crippen LogP contribution in [0.3, 0.4) is 0 Å². The second kappa shape index (κ2) is 10.4. The molecule has 1 amide bonds. The number of aliphatic imine (C=N–C) groups is 1. The number of carbonyl (C=O) groups is 2. The van der Waals surface area contributed by atoms with E-state index in [9.17, 15) is 9.59 Å². The van der Waals surface area contributed by atoms with Gasteiger partial charge in [0.15, 0.2) is 11.8 Å². The summed E-state index contributed by atoms with van der Waals surface area (Å²) >= 11 is 1.51. The first-order valence-corrected chi connectivity index (χ1v) is 12.3. The molecule has 0 saturated heterocycles. The highest BCUT2D eigenvalue weighted by molar-refractivity contribution is 8.16. The molecule has 182 valence electrons. The van der Waals surface area contributed by atoms with Crippen LogP contribution in [0.5, 0.6) is 5.75 Å². The van der Waals surface area contributed by atoms with E-state index in [0.717, 1.165) is 33.1 Å². The minimum atomic E-state index is -0.373. The summed E-state index contributed by atoms with van der Waals surface area (Å²) in [6.07, 6.45) is 1.92. The van der Waals surface area contributed by atoms with Crippen molar-refractivity contribution in [2.24, 2.45) is 4.99 Å². The van der Waals surface area contributed by atoms with Crippen molar-refractivity contribution >= 4 is 34.5 Å². The molecule has 0 aromatic heterocycles. The molecular formula is C27H29N3O4S. The van der Waals surface area contributed by atoms with Gasteiger partial charge in [0.25, 0.3) is 5.91 Å². The average Bonchev–Trinajstić information content (AvgIpc) is 3.27. The second-order valence-electron chi connectivity index (χ2n) is 8.51. The van der Waals surface area contributed by atoms with E-state index in [1.807, 2.05) is 68.5 Å². The summed E-state index contributed by atoms with van der Waals surface area (Å²) in [5, 5.41) is 5.71. The van der Waals surface area contributed by atoms with Gasteiger partial charge in [-0.15, -0.1) is 0 Å². The fourth-order valence-corrected chi connectivity index (χ4v) is 5.14. The van der Waals surface area contributed by atoms with E-state index < -0.39 is 0 Å². The van der Waals surface area contributed by atoms with Crippen LogP contribution >= 0.6 is 11.8 Å². The number of nitrogens with one attached hydrogen (secondary N) is 1. The molecule has 0 bridgehead atoms. The average molecular weight is 492 g/mol. The van der Waals surface area contributed by atoms with E-state index in [4.69, 9.17) is 9.47 Å². The van der Waals surface area contributed by atoms with Gasteiger partial charge in [-0.1, -0.05) is 41.6 Å². The number of nitrogens with zero attached hydrogens (tertiary/aromatic N) is 2. The van der Waals surface area contributed by atoms with Gasteiger partial charge < -0.3 is 19.7 Å². The van der Waals surface area contributed by atoms with Crippen molar-refractivity contribution in [3.8, 4) is 5.75 Å². The van der Waals surface area contributed by atoms with Gasteiger partial charge in [-0.05, 0) is 68.8 Å². The number of carbonyl (C=O) groups excluding carboxylic acids is 2. The van der Waals surface area contributed by atoms with Crippen LogP contribution in [0.2, 0.25) is 0 Å². The van der Waals surface area contributed by atoms with E-state index in [1.54, 1.807) is 19.1 Å². The van der Waals surface area contributed by atoms with Crippen LogP contribution in [0.1, 0.15) is 42.1 Å². The Morgan fingerprint density at radius 1 is 1.09 bits per heavy atom. The SMILES string of the molecule is CCOC(=O)C1=C(C)N=C2SC=CN2[C@@H]1c1ccc(OCC(=O)Nc2c(C)cc(C)cc2C)cc1. The predicted octanol–water partition coefficient (Wildman–Crippen LogP) is 5.40. The van der Waals surface area contributed by atoms with Crippen LogP contribution in [0.25, 0.3) is 0 Å². The van der Waals surface area contributed by atoms with Gasteiger partial charge in [0.1, 0.15) is 5.75 Å². The maximum atomic E-state index is 12.8. The zero-order valence-corrected chi connectivity index (χ0v) is 21.4. The number of amidine groups is 1. The van der Waals surface area contributed by atoms with Gasteiger partial charge in [0.05, 0.1) is 23.9 Å². The standard InChI is InChI=1S/C27H29N3O4S/c1-6-33-26(32)23-19(5)28-27-30(11-12-35-27)25(23)20-7-9-21(10-8-20)34-15-22(31)29-24-17(3)13-16(2)14-18(24)4/h7-14,25H,6,15H2,1-5H3,(H,29,31)/t25-/m1/s1. The topological polar surface area (TPSA) is 80.2 Å². The second-order valence-corrected chi connectivity index (χ2v) is 9.38. The predicted molar refractivity (Wildman–Crippen MR) is 139 cm³/mol. The normalized spacial score (nSPS) is 16.7. The highest BCUT2D eigenvalue weighted by Gasteiger charge is 2.37. The van der Waals surface area contributed by atoms with E-state index >= 15 is 0 Å². The summed E-state index contributed by atoms with van der Waals surface area (Å²) in [5.41, 5.74) is 6.07. The fourth-order valence-electron chi connectivity index (χ4n) is 4.35. The van der Waals surface area contributed by atoms with Crippen molar-refractivity contribution in [3.63, 3.8) is 0 Å². The molecule has 2 aromatic rings. The van der Waals surface area contributed by atoms with Crippen molar-refractivity contribution in [2.45, 2.75) is 40.7 Å². The van der Waals surface area contributed by atoms with Crippen LogP contribution < -0.4 is 10.1 Å². The lowest BCUT2D eigenvalue weighted by atomic mass is 9.95. The number of esters is 1. The summed E-state index contributed by atoms with van der Waals surface area (Å²) < 4.78 is 11.1. The number of benzene rings is 2. The summed E-state index contributed by atoms with van der Waals surface area (Å²) in [6, 6.07) is 11.1. The molecule has 2 heterocycles. The molecule has 1 atom stereocenters. The van der Waals surface area contributed by atoms with Crippen LogP contribution in [0, 0.1) is 20.8 Å². The lowest BCUT2D eigenvalue weighted by Gasteiger charge is -2.33. The van der Waals surface area contributed by atoms with Gasteiger partial charge in [-0.3, -0.25) is 4.79 Å². The first kappa shape index (κ1) is 24.6. The molecule has 4 rings (SSSR count). The Labute approximate surface area is 209 Å². The highest BCUT2D eigenvalue weighted by atomic mass is 32.2. The third-order valence-electron chi connectivity index (χ3n) is 5.82. The maximum absolute atomic E-state index is 12.8. The molecule has 2 aliphatic heterocycles. The summed E-state index contributed by atoms with van der Waals surface area (Å²) in [7, 11) is 0. The maximum Gasteiger partial charge on any atom is 0.338 e. The van der Waals surface area contributed by atoms with Crippen molar-refractivity contribution in [3.05, 3.63) is 81.5 Å². The van der Waals surface area contributed by atoms with Gasteiger partial charge in [-0.25, -0.2) is 9.79 Å². The van der Waals surface area contributed by atoms with Gasteiger partial charge in [-0.2, -0.15) is 0 Å². The van der Waals surface area contributed by atoms with Crippen LogP contribution in [0.4, 0.5) is 5.69 Å². The van der Waals surface area contributed by atoms with Crippen LogP contribution in [0.15, 0.2) is 64.3 Å². The molecule has 35 heavy (non-hydrogen) atoms. The van der Waals surface area contributed by atoms with E-state index in [1.165, 1.54) is 11.8 Å². The minimum Gasteiger partial charge on any atom is -0.484 e. The zero-order chi connectivity index (χ0) is 25.1. The largest absolute Gasteiger partial charge is 0.484 e. The number of fused-ring (bicyclic) bond motifs is 1. The number of hydrogen-bond acceptors (Lipinski definition) is 7. The number of aryl methyl sites for hydroxylation is 3. The van der Waals surface area contributed by atoms with Crippen LogP contribution in [-0.2, 0) is 14.3 Å². The number of anilines is 1. The number of hydrogen-bond donors (Lipinski definition) is 1. The smallest absolute Gasteiger partial charge is 0.338 e. The third-order valence-corrected chi connectivity index (χ3v) is 6.59. The molecular weight excluding hydrogens is 462 g/mol. The Kier molecular flexibility index (Phi) is 7.31. The highest BCUT2D eigenvalue weighted by Crippen LogP contribution is 2.41. The van der Waals surface area contributed by atoms with Crippen LogP contribution in [-0.4, -0.2) is 35.2 Å². The van der Waals surface area contributed by atoms with Crippen molar-refractivity contribution in [1.29, 1.82) is 0 Å². The molecule has 1 N–H and O–H groups in total. The number of amides is 1. The first-order chi connectivity index (χ1) is 16.8. The first-order valence-electron chi connectivity index (χ1n) is 11.5. The zero-order valence-electron chi connectivity index (χ0n) is 20.5. The van der Waals surface area contributed by atoms with Crippen molar-refractivity contribution in [2.75, 3.05) is 18.5 Å². The summed E-state index contributed by atoms with van der Waals surface area (Å²) in [6.45, 7) is 9.79. The number of thioether (sulfide) groups is 1. The monoisotopic (exact) mass is 491 g/mol. The molecule has 0 unspecified atom stereocenters. The number of allylic oxidation sites excluding steroid dienone is 1. The molecule has 2 aromatic carbocycles. The van der Waals surface area contributed by atoms with E-state index in [2.05, 4.69) is 10.3 Å². The fraction of sp³-hybridized carbons (Fsp3) is 0.296. The molecule has 2 aliphatic rings. The van der Waals surface area contributed by atoms with Crippen molar-refractivity contribution in [1.82, 2.24) is 4.90 Å². The third kappa shape index (κ3) is 5.27. The lowest BCUT2D eigenvalue weighted by Crippen LogP contribution is -2.34. The summed E-state index contributed by atoms with van der Waals surface area (Å²) in [5.74, 6) is -0.0305. The van der Waals surface area contributed by atoms with Crippen molar-refractivity contribution < 1.29 is 19.1 Å². The van der Waals surface area contributed by atoms with E-state index in [-0.39, 0.29) is 24.5 Å². The van der Waals surface area contributed by atoms with Gasteiger partial charge in [0.2, 0.25) is 0 Å². The Bertz CT molecular complexity index is 1220. The Balaban J connectivity index is 1.47. The molecule has 0 fully saturated rings. The number of rotatable bonds is 7. The molecule has 8 heteroatoms. The summed E-state index contributed by atoms with van der Waals surface area (Å²) in [4.78, 5) is 31.8. The molecule has 0 saturated carbocycles. The molecule has 0 aliphatic carbocycles. The molecule has 7 nitrogen and oxygen atoms in total. The van der Waals surface area contributed by atoms with Gasteiger partial charge >= 0.3 is 5.97 Å². The molecule has 0 spiro atoms. The number of ether oxygens (including phenoxy) is 2. The van der Waals surface area contributed by atoms with Gasteiger partial charge in [0, 0.05) is 11.9 Å². The molecule has 0 radical (unpaired) electrons. The Hall–Kier alpha value is -3.52. The Morgan fingerprint density at radius 3 is 2.43 bits per heavy atom. The quantitative estimate of drug-likeness (QED) is 0.523. The Morgan fingerprint density at radius 2 is 1.77 bits per heavy atom. The lowest BCUT2D eigenvalue weighted by molar-refractivity contribution is -0.139. The van der Waals surface area contributed by atoms with E-state index in [0.29, 0.717) is 23.6 Å². The minimum absolute atomic E-state index is 0.106.